The summed E-state index contributed by atoms with van der Waals surface area (Å²) in [5.41, 5.74) is 7.02. The van der Waals surface area contributed by atoms with Gasteiger partial charge in [-0.2, -0.15) is 0 Å². The van der Waals surface area contributed by atoms with Gasteiger partial charge in [-0.3, -0.25) is 0 Å². The van der Waals surface area contributed by atoms with Gasteiger partial charge in [0.25, 0.3) is 0 Å². The molecule has 1 aromatic heterocycles. The maximum absolute atomic E-state index is 5.79. The summed E-state index contributed by atoms with van der Waals surface area (Å²) < 4.78 is 0. The normalized spacial score (nSPS) is 10.7. The fraction of sp³-hybridized carbons (Fsp3) is 0.125. The number of nitrogens with two attached hydrogens (primary N) is 1. The lowest BCUT2D eigenvalue weighted by molar-refractivity contribution is 0.965. The fourth-order valence-corrected chi connectivity index (χ4v) is 2.64. The largest absolute Gasteiger partial charge is 0.383 e. The van der Waals surface area contributed by atoms with E-state index >= 15 is 0 Å². The lowest BCUT2D eigenvalue weighted by atomic mass is 10.0. The molecule has 5 heteroatoms. The molecular formula is C16H16N4S. The van der Waals surface area contributed by atoms with Gasteiger partial charge in [0.15, 0.2) is 5.16 Å². The average molecular weight is 296 g/mol. The highest BCUT2D eigenvalue weighted by atomic mass is 32.2. The molecule has 21 heavy (non-hydrogen) atoms. The van der Waals surface area contributed by atoms with Crippen LogP contribution in [-0.2, 0) is 6.54 Å². The van der Waals surface area contributed by atoms with Gasteiger partial charge in [0.05, 0.1) is 0 Å². The predicted octanol–water partition coefficient (Wildman–Crippen LogP) is 3.55. The van der Waals surface area contributed by atoms with E-state index in [-0.39, 0.29) is 0 Å². The van der Waals surface area contributed by atoms with E-state index in [1.807, 2.05) is 6.26 Å². The highest BCUT2D eigenvalue weighted by Crippen LogP contribution is 2.20. The molecule has 0 bridgehead atoms. The third-order valence-corrected chi connectivity index (χ3v) is 3.80. The smallest absolute Gasteiger partial charge is 0.191 e. The van der Waals surface area contributed by atoms with Crippen LogP contribution in [0.5, 0.6) is 0 Å². The molecule has 0 atom stereocenters. The van der Waals surface area contributed by atoms with E-state index in [1.54, 1.807) is 6.07 Å². The second-order valence-electron chi connectivity index (χ2n) is 4.66. The monoisotopic (exact) mass is 296 g/mol. The number of benzene rings is 2. The number of rotatable bonds is 4. The van der Waals surface area contributed by atoms with Crippen LogP contribution >= 0.6 is 11.8 Å². The van der Waals surface area contributed by atoms with E-state index in [9.17, 15) is 0 Å². The molecule has 0 fully saturated rings. The third-order valence-electron chi connectivity index (χ3n) is 3.25. The minimum absolute atomic E-state index is 0.481. The maximum atomic E-state index is 5.79. The number of fused-ring (bicyclic) bond motifs is 1. The van der Waals surface area contributed by atoms with Gasteiger partial charge in [0, 0.05) is 12.6 Å². The van der Waals surface area contributed by atoms with Crippen molar-refractivity contribution in [3.8, 4) is 0 Å². The van der Waals surface area contributed by atoms with Gasteiger partial charge < -0.3 is 11.1 Å². The lowest BCUT2D eigenvalue weighted by Gasteiger charge is -2.10. The first-order chi connectivity index (χ1) is 10.3. The molecule has 0 spiro atoms. The Balaban J connectivity index is 1.85. The first kappa shape index (κ1) is 13.7. The Labute approximate surface area is 127 Å². The van der Waals surface area contributed by atoms with Crippen molar-refractivity contribution in [3.63, 3.8) is 0 Å². The summed E-state index contributed by atoms with van der Waals surface area (Å²) in [4.78, 5) is 8.55. The molecule has 0 aliphatic rings. The van der Waals surface area contributed by atoms with Crippen LogP contribution < -0.4 is 11.1 Å². The predicted molar refractivity (Wildman–Crippen MR) is 89.5 cm³/mol. The minimum Gasteiger partial charge on any atom is -0.383 e. The maximum Gasteiger partial charge on any atom is 0.191 e. The van der Waals surface area contributed by atoms with E-state index in [0.717, 1.165) is 5.82 Å². The number of hydrogen-bond donors (Lipinski definition) is 2. The molecular weight excluding hydrogens is 280 g/mol. The molecule has 4 nitrogen and oxygen atoms in total. The molecule has 3 aromatic rings. The first-order valence-electron chi connectivity index (χ1n) is 6.65. The van der Waals surface area contributed by atoms with Crippen molar-refractivity contribution >= 4 is 34.2 Å². The van der Waals surface area contributed by atoms with E-state index < -0.39 is 0 Å². The first-order valence-corrected chi connectivity index (χ1v) is 7.88. The van der Waals surface area contributed by atoms with Crippen molar-refractivity contribution < 1.29 is 0 Å². The highest BCUT2D eigenvalue weighted by molar-refractivity contribution is 7.98. The molecule has 0 saturated carbocycles. The second-order valence-corrected chi connectivity index (χ2v) is 5.43. The Hall–Kier alpha value is -2.27. The fourth-order valence-electron chi connectivity index (χ4n) is 2.26. The van der Waals surface area contributed by atoms with Crippen LogP contribution in [0.3, 0.4) is 0 Å². The topological polar surface area (TPSA) is 63.8 Å². The molecule has 0 saturated heterocycles. The van der Waals surface area contributed by atoms with E-state index in [1.165, 1.54) is 28.1 Å². The van der Waals surface area contributed by atoms with Crippen molar-refractivity contribution in [1.29, 1.82) is 0 Å². The zero-order valence-corrected chi connectivity index (χ0v) is 12.5. The Kier molecular flexibility index (Phi) is 3.92. The number of hydrogen-bond acceptors (Lipinski definition) is 5. The van der Waals surface area contributed by atoms with Crippen LogP contribution in [0, 0.1) is 0 Å². The third kappa shape index (κ3) is 3.08. The van der Waals surface area contributed by atoms with Crippen LogP contribution in [0.15, 0.2) is 53.7 Å². The van der Waals surface area contributed by atoms with E-state index in [0.29, 0.717) is 17.5 Å². The summed E-state index contributed by atoms with van der Waals surface area (Å²) in [7, 11) is 0. The van der Waals surface area contributed by atoms with Crippen molar-refractivity contribution in [1.82, 2.24) is 9.97 Å². The van der Waals surface area contributed by atoms with Gasteiger partial charge in [0.2, 0.25) is 0 Å². The number of anilines is 2. The number of nitrogen functional groups attached to an aromatic ring is 1. The van der Waals surface area contributed by atoms with Gasteiger partial charge in [-0.25, -0.2) is 9.97 Å². The molecule has 0 unspecified atom stereocenters. The number of thioether (sulfide) groups is 1. The molecule has 3 rings (SSSR count). The van der Waals surface area contributed by atoms with Crippen LogP contribution in [0.4, 0.5) is 11.6 Å². The zero-order valence-electron chi connectivity index (χ0n) is 11.7. The van der Waals surface area contributed by atoms with E-state index in [2.05, 4.69) is 57.7 Å². The summed E-state index contributed by atoms with van der Waals surface area (Å²) in [5.74, 6) is 1.23. The SMILES string of the molecule is CSc1nc(N)cc(NCc2cccc3ccccc23)n1. The number of nitrogens with one attached hydrogen (secondary N) is 1. The molecule has 3 N–H and O–H groups in total. The molecule has 1 heterocycles. The van der Waals surface area contributed by atoms with Crippen LogP contribution in [-0.4, -0.2) is 16.2 Å². The summed E-state index contributed by atoms with van der Waals surface area (Å²) in [5, 5.41) is 6.49. The standard InChI is InChI=1S/C16H16N4S/c1-21-16-19-14(17)9-15(20-16)18-10-12-7-4-6-11-5-2-3-8-13(11)12/h2-9H,10H2,1H3,(H3,17,18,19,20). The quantitative estimate of drug-likeness (QED) is 0.569. The van der Waals surface area contributed by atoms with Gasteiger partial charge in [0.1, 0.15) is 11.6 Å². The van der Waals surface area contributed by atoms with Crippen LogP contribution in [0.1, 0.15) is 5.56 Å². The van der Waals surface area contributed by atoms with Crippen molar-refractivity contribution in [2.75, 3.05) is 17.3 Å². The summed E-state index contributed by atoms with van der Waals surface area (Å²) in [6, 6.07) is 16.4. The van der Waals surface area contributed by atoms with Gasteiger partial charge in [-0.1, -0.05) is 54.2 Å². The molecule has 0 amide bonds. The van der Waals surface area contributed by atoms with Crippen LogP contribution in [0.2, 0.25) is 0 Å². The van der Waals surface area contributed by atoms with Crippen molar-refractivity contribution in [2.24, 2.45) is 0 Å². The Morgan fingerprint density at radius 2 is 1.90 bits per heavy atom. The highest BCUT2D eigenvalue weighted by Gasteiger charge is 2.03. The van der Waals surface area contributed by atoms with Crippen molar-refractivity contribution in [2.45, 2.75) is 11.7 Å². The molecule has 0 aliphatic carbocycles. The molecule has 106 valence electrons. The second kappa shape index (κ2) is 6.01. The summed E-state index contributed by atoms with van der Waals surface area (Å²) in [6.45, 7) is 0.700. The Morgan fingerprint density at radius 3 is 2.76 bits per heavy atom. The van der Waals surface area contributed by atoms with Gasteiger partial charge >= 0.3 is 0 Å². The Bertz CT molecular complexity index is 768. The molecule has 0 aliphatic heterocycles. The van der Waals surface area contributed by atoms with Crippen LogP contribution in [0.25, 0.3) is 10.8 Å². The summed E-state index contributed by atoms with van der Waals surface area (Å²) >= 11 is 1.48. The molecule has 0 radical (unpaired) electrons. The minimum atomic E-state index is 0.481. The van der Waals surface area contributed by atoms with Gasteiger partial charge in [-0.15, -0.1) is 0 Å². The zero-order chi connectivity index (χ0) is 14.7. The lowest BCUT2D eigenvalue weighted by Crippen LogP contribution is -2.04. The summed E-state index contributed by atoms with van der Waals surface area (Å²) in [6.07, 6.45) is 1.93. The van der Waals surface area contributed by atoms with E-state index in [4.69, 9.17) is 5.73 Å². The number of nitrogens with zero attached hydrogens (tertiary/aromatic N) is 2. The number of aromatic nitrogens is 2. The Morgan fingerprint density at radius 1 is 1.10 bits per heavy atom. The average Bonchev–Trinajstić information content (AvgIpc) is 2.52. The molecule has 2 aromatic carbocycles. The van der Waals surface area contributed by atoms with Gasteiger partial charge in [-0.05, 0) is 22.6 Å². The van der Waals surface area contributed by atoms with Crippen molar-refractivity contribution in [3.05, 3.63) is 54.1 Å².